The molecule has 0 fully saturated rings. The second kappa shape index (κ2) is 6.64. The number of halogens is 3. The van der Waals surface area contributed by atoms with Crippen molar-refractivity contribution in [2.45, 2.75) is 12.8 Å². The van der Waals surface area contributed by atoms with Crippen LogP contribution >= 0.6 is 39.1 Å². The SMILES string of the molecule is Cc1cc(Br)cc([N+](=O)[O-])c1Oc1c(Cl)cccc1CCl. The molecule has 0 aliphatic rings. The summed E-state index contributed by atoms with van der Waals surface area (Å²) >= 11 is 15.2. The third-order valence-electron chi connectivity index (χ3n) is 2.81. The Balaban J connectivity index is 2.57. The van der Waals surface area contributed by atoms with Crippen LogP contribution in [0, 0.1) is 17.0 Å². The summed E-state index contributed by atoms with van der Waals surface area (Å²) in [7, 11) is 0. The van der Waals surface area contributed by atoms with Gasteiger partial charge in [-0.1, -0.05) is 39.7 Å². The molecule has 2 aromatic rings. The summed E-state index contributed by atoms with van der Waals surface area (Å²) in [5.74, 6) is 0.685. The maximum Gasteiger partial charge on any atom is 0.312 e. The highest BCUT2D eigenvalue weighted by molar-refractivity contribution is 9.10. The minimum Gasteiger partial charge on any atom is -0.448 e. The topological polar surface area (TPSA) is 52.4 Å². The maximum absolute atomic E-state index is 11.2. The third-order valence-corrected chi connectivity index (χ3v) is 3.86. The number of nitrogens with zero attached hydrogens (tertiary/aromatic N) is 1. The molecule has 0 spiro atoms. The second-order valence-electron chi connectivity index (χ2n) is 4.29. The molecule has 21 heavy (non-hydrogen) atoms. The molecule has 0 aliphatic heterocycles. The molecule has 7 heteroatoms. The molecule has 0 saturated heterocycles. The molecule has 0 amide bonds. The van der Waals surface area contributed by atoms with Gasteiger partial charge in [-0.25, -0.2) is 0 Å². The normalized spacial score (nSPS) is 10.5. The molecule has 0 saturated carbocycles. The number of nitro benzene ring substituents is 1. The number of hydrogen-bond acceptors (Lipinski definition) is 3. The van der Waals surface area contributed by atoms with Crippen LogP contribution in [0.4, 0.5) is 5.69 Å². The van der Waals surface area contributed by atoms with Gasteiger partial charge >= 0.3 is 5.69 Å². The first-order chi connectivity index (χ1) is 9.93. The van der Waals surface area contributed by atoms with Crippen LogP contribution in [0.1, 0.15) is 11.1 Å². The quantitative estimate of drug-likeness (QED) is 0.373. The zero-order valence-corrected chi connectivity index (χ0v) is 14.0. The largest absolute Gasteiger partial charge is 0.448 e. The molecule has 0 N–H and O–H groups in total. The van der Waals surface area contributed by atoms with Gasteiger partial charge in [0, 0.05) is 16.1 Å². The zero-order valence-electron chi connectivity index (χ0n) is 10.9. The Labute approximate surface area is 139 Å². The number of aryl methyl sites for hydroxylation is 1. The summed E-state index contributed by atoms with van der Waals surface area (Å²) in [4.78, 5) is 10.7. The predicted molar refractivity (Wildman–Crippen MR) is 86.6 cm³/mol. The van der Waals surface area contributed by atoms with Crippen LogP contribution in [0.2, 0.25) is 5.02 Å². The number of rotatable bonds is 4. The fourth-order valence-corrected chi connectivity index (χ4v) is 2.86. The number of benzene rings is 2. The van der Waals surface area contributed by atoms with E-state index in [2.05, 4.69) is 15.9 Å². The van der Waals surface area contributed by atoms with Gasteiger partial charge in [-0.15, -0.1) is 11.6 Å². The summed E-state index contributed by atoms with van der Waals surface area (Å²) in [6.07, 6.45) is 0. The Morgan fingerprint density at radius 2 is 2.05 bits per heavy atom. The fourth-order valence-electron chi connectivity index (χ4n) is 1.86. The first-order valence-electron chi connectivity index (χ1n) is 5.89. The summed E-state index contributed by atoms with van der Waals surface area (Å²) < 4.78 is 6.34. The Kier molecular flexibility index (Phi) is 5.08. The van der Waals surface area contributed by atoms with E-state index in [9.17, 15) is 10.1 Å². The Morgan fingerprint density at radius 1 is 1.33 bits per heavy atom. The lowest BCUT2D eigenvalue weighted by Crippen LogP contribution is -1.98. The number of ether oxygens (including phenoxy) is 1. The highest BCUT2D eigenvalue weighted by Crippen LogP contribution is 2.41. The Hall–Kier alpha value is -1.30. The third kappa shape index (κ3) is 3.48. The smallest absolute Gasteiger partial charge is 0.312 e. The van der Waals surface area contributed by atoms with Crippen LogP contribution in [-0.4, -0.2) is 4.92 Å². The number of para-hydroxylation sites is 1. The minimum absolute atomic E-state index is 0.137. The molecule has 0 aliphatic carbocycles. The highest BCUT2D eigenvalue weighted by atomic mass is 79.9. The molecule has 0 radical (unpaired) electrons. The summed E-state index contributed by atoms with van der Waals surface area (Å²) in [5, 5.41) is 11.6. The van der Waals surface area contributed by atoms with Crippen molar-refractivity contribution in [3.05, 3.63) is 61.1 Å². The standard InChI is InChI=1S/C14H10BrCl2NO3/c1-8-5-10(15)6-12(18(19)20)13(8)21-14-9(7-16)3-2-4-11(14)17/h2-6H,7H2,1H3. The lowest BCUT2D eigenvalue weighted by molar-refractivity contribution is -0.385. The van der Waals surface area contributed by atoms with Crippen molar-refractivity contribution in [2.75, 3.05) is 0 Å². The van der Waals surface area contributed by atoms with E-state index in [0.29, 0.717) is 26.4 Å². The van der Waals surface area contributed by atoms with E-state index < -0.39 is 4.92 Å². The van der Waals surface area contributed by atoms with Crippen molar-refractivity contribution in [3.63, 3.8) is 0 Å². The Bertz CT molecular complexity index is 707. The van der Waals surface area contributed by atoms with Crippen molar-refractivity contribution in [3.8, 4) is 11.5 Å². The predicted octanol–water partition coefficient (Wildman–Crippen LogP) is 5.85. The Morgan fingerprint density at radius 3 is 2.67 bits per heavy atom. The molecule has 0 atom stereocenters. The van der Waals surface area contributed by atoms with Gasteiger partial charge in [0.2, 0.25) is 5.75 Å². The van der Waals surface area contributed by atoms with Gasteiger partial charge in [-0.3, -0.25) is 10.1 Å². The molecule has 0 unspecified atom stereocenters. The van der Waals surface area contributed by atoms with Gasteiger partial charge in [-0.05, 0) is 24.6 Å². The van der Waals surface area contributed by atoms with Gasteiger partial charge in [0.1, 0.15) is 0 Å². The molecule has 0 bridgehead atoms. The van der Waals surface area contributed by atoms with Crippen molar-refractivity contribution >= 4 is 44.8 Å². The van der Waals surface area contributed by atoms with Gasteiger partial charge < -0.3 is 4.74 Å². The van der Waals surface area contributed by atoms with Crippen molar-refractivity contribution in [1.29, 1.82) is 0 Å². The molecular formula is C14H10BrCl2NO3. The van der Waals surface area contributed by atoms with Crippen LogP contribution in [0.3, 0.4) is 0 Å². The summed E-state index contributed by atoms with van der Waals surface area (Å²) in [6.45, 7) is 1.73. The maximum atomic E-state index is 11.2. The van der Waals surface area contributed by atoms with E-state index in [4.69, 9.17) is 27.9 Å². The molecule has 110 valence electrons. The number of nitro groups is 1. The van der Waals surface area contributed by atoms with E-state index in [1.807, 2.05) is 0 Å². The molecule has 0 heterocycles. The molecule has 4 nitrogen and oxygen atoms in total. The van der Waals surface area contributed by atoms with E-state index >= 15 is 0 Å². The minimum atomic E-state index is -0.496. The van der Waals surface area contributed by atoms with Crippen molar-refractivity contribution in [1.82, 2.24) is 0 Å². The van der Waals surface area contributed by atoms with Gasteiger partial charge in [0.05, 0.1) is 15.8 Å². The van der Waals surface area contributed by atoms with Gasteiger partial charge in [0.25, 0.3) is 0 Å². The lowest BCUT2D eigenvalue weighted by atomic mass is 10.2. The van der Waals surface area contributed by atoms with Gasteiger partial charge in [-0.2, -0.15) is 0 Å². The molecule has 2 aromatic carbocycles. The highest BCUT2D eigenvalue weighted by Gasteiger charge is 2.21. The van der Waals surface area contributed by atoms with E-state index in [1.165, 1.54) is 6.07 Å². The summed E-state index contributed by atoms with van der Waals surface area (Å²) in [5.41, 5.74) is 1.15. The van der Waals surface area contributed by atoms with Crippen molar-refractivity contribution in [2.24, 2.45) is 0 Å². The van der Waals surface area contributed by atoms with E-state index in [1.54, 1.807) is 31.2 Å². The van der Waals surface area contributed by atoms with Crippen LogP contribution in [-0.2, 0) is 5.88 Å². The van der Waals surface area contributed by atoms with Crippen LogP contribution in [0.15, 0.2) is 34.8 Å². The zero-order chi connectivity index (χ0) is 15.6. The molecule has 0 aromatic heterocycles. The molecule has 2 rings (SSSR count). The van der Waals surface area contributed by atoms with Crippen molar-refractivity contribution < 1.29 is 9.66 Å². The van der Waals surface area contributed by atoms with Crippen LogP contribution in [0.25, 0.3) is 0 Å². The first-order valence-corrected chi connectivity index (χ1v) is 7.60. The second-order valence-corrected chi connectivity index (χ2v) is 5.88. The summed E-state index contributed by atoms with van der Waals surface area (Å²) in [6, 6.07) is 8.27. The monoisotopic (exact) mass is 389 g/mol. The number of alkyl halides is 1. The van der Waals surface area contributed by atoms with Crippen LogP contribution < -0.4 is 4.74 Å². The lowest BCUT2D eigenvalue weighted by Gasteiger charge is -2.13. The number of hydrogen-bond donors (Lipinski definition) is 0. The van der Waals surface area contributed by atoms with E-state index in [0.717, 1.165) is 0 Å². The average molecular weight is 391 g/mol. The average Bonchev–Trinajstić information content (AvgIpc) is 2.42. The molecular weight excluding hydrogens is 381 g/mol. The van der Waals surface area contributed by atoms with Crippen LogP contribution in [0.5, 0.6) is 11.5 Å². The van der Waals surface area contributed by atoms with Gasteiger partial charge in [0.15, 0.2) is 5.75 Å². The fraction of sp³-hybridized carbons (Fsp3) is 0.143. The van der Waals surface area contributed by atoms with E-state index in [-0.39, 0.29) is 17.3 Å². The first kappa shape index (κ1) is 16.1.